The summed E-state index contributed by atoms with van der Waals surface area (Å²) in [6.07, 6.45) is 0.206. The number of rotatable bonds is 5. The Bertz CT molecular complexity index is 1060. The molecule has 0 radical (unpaired) electrons. The van der Waals surface area contributed by atoms with Crippen LogP contribution in [0.4, 0.5) is 13.2 Å². The second-order valence-corrected chi connectivity index (χ2v) is 6.71. The third kappa shape index (κ3) is 4.23. The van der Waals surface area contributed by atoms with Crippen LogP contribution in [0.1, 0.15) is 12.5 Å². The molecule has 0 saturated carbocycles. The number of aromatic nitrogens is 3. The summed E-state index contributed by atoms with van der Waals surface area (Å²) in [5, 5.41) is 4.11. The Kier molecular flexibility index (Phi) is 4.86. The highest BCUT2D eigenvalue weighted by molar-refractivity contribution is 5.54. The van der Waals surface area contributed by atoms with Crippen LogP contribution in [0.5, 0.6) is 11.5 Å². The number of hydrogen-bond acceptors (Lipinski definition) is 6. The molecule has 156 valence electrons. The van der Waals surface area contributed by atoms with Crippen LogP contribution in [0.15, 0.2) is 66.8 Å². The summed E-state index contributed by atoms with van der Waals surface area (Å²) in [6, 6.07) is 10.9. The molecule has 1 unspecified atom stereocenters. The monoisotopic (exact) mass is 418 g/mol. The van der Waals surface area contributed by atoms with Crippen LogP contribution in [0.3, 0.4) is 0 Å². The number of alkyl halides is 3. The maximum Gasteiger partial charge on any atom is 0.573 e. The van der Waals surface area contributed by atoms with E-state index in [1.54, 1.807) is 42.2 Å². The van der Waals surface area contributed by atoms with Gasteiger partial charge in [0.15, 0.2) is 0 Å². The molecule has 30 heavy (non-hydrogen) atoms. The van der Waals surface area contributed by atoms with Crippen molar-refractivity contribution in [2.45, 2.75) is 18.9 Å². The van der Waals surface area contributed by atoms with Gasteiger partial charge in [0, 0.05) is 19.3 Å². The standard InChI is InChI=1S/C20H17F3N4O3/c1-19(13-3-5-14(6-4-13)29-20(21,22)23)11-18(26-30-19)28-15-7-8-16(24-12-15)17-9-10-25-27(17)2/h3-12,26H,1-2H3. The quantitative estimate of drug-likeness (QED) is 0.674. The van der Waals surface area contributed by atoms with Crippen molar-refractivity contribution >= 4 is 0 Å². The number of ether oxygens (including phenoxy) is 2. The molecule has 10 heteroatoms. The van der Waals surface area contributed by atoms with Crippen LogP contribution < -0.4 is 15.0 Å². The minimum atomic E-state index is -4.74. The maximum absolute atomic E-state index is 12.3. The predicted molar refractivity (Wildman–Crippen MR) is 99.8 cm³/mol. The fourth-order valence-electron chi connectivity index (χ4n) is 2.99. The lowest BCUT2D eigenvalue weighted by atomic mass is 9.96. The van der Waals surface area contributed by atoms with E-state index in [4.69, 9.17) is 9.57 Å². The van der Waals surface area contributed by atoms with Gasteiger partial charge in [0.2, 0.25) is 5.88 Å². The summed E-state index contributed by atoms with van der Waals surface area (Å²) in [5.41, 5.74) is 3.98. The molecule has 1 aliphatic heterocycles. The minimum Gasteiger partial charge on any atom is -0.438 e. The molecular weight excluding hydrogens is 401 g/mol. The van der Waals surface area contributed by atoms with Gasteiger partial charge in [-0.1, -0.05) is 12.1 Å². The molecule has 0 amide bonds. The number of hydroxylamine groups is 1. The Balaban J connectivity index is 1.46. The van der Waals surface area contributed by atoms with Gasteiger partial charge in [0.05, 0.1) is 17.6 Å². The predicted octanol–water partition coefficient (Wildman–Crippen LogP) is 4.05. The number of hydrogen-bond donors (Lipinski definition) is 1. The Morgan fingerprint density at radius 3 is 2.40 bits per heavy atom. The summed E-state index contributed by atoms with van der Waals surface area (Å²) < 4.78 is 48.3. The highest BCUT2D eigenvalue weighted by Crippen LogP contribution is 2.34. The highest BCUT2D eigenvalue weighted by Gasteiger charge is 2.34. The molecule has 1 aromatic carbocycles. The largest absolute Gasteiger partial charge is 0.573 e. The van der Waals surface area contributed by atoms with E-state index in [2.05, 4.69) is 20.3 Å². The molecule has 3 aromatic rings. The summed E-state index contributed by atoms with van der Waals surface area (Å²) in [5.74, 6) is 0.519. The van der Waals surface area contributed by atoms with Gasteiger partial charge in [-0.15, -0.1) is 13.2 Å². The van der Waals surface area contributed by atoms with Gasteiger partial charge in [-0.25, -0.2) is 5.48 Å². The Morgan fingerprint density at radius 1 is 1.07 bits per heavy atom. The molecular formula is C20H17F3N4O3. The van der Waals surface area contributed by atoms with Gasteiger partial charge in [-0.2, -0.15) is 5.10 Å². The fourth-order valence-corrected chi connectivity index (χ4v) is 2.99. The summed E-state index contributed by atoms with van der Waals surface area (Å²) >= 11 is 0. The zero-order valence-corrected chi connectivity index (χ0v) is 16.0. The summed E-state index contributed by atoms with van der Waals surface area (Å²) in [4.78, 5) is 9.96. The van der Waals surface area contributed by atoms with Crippen LogP contribution in [-0.2, 0) is 17.5 Å². The minimum absolute atomic E-state index is 0.305. The van der Waals surface area contributed by atoms with Crippen molar-refractivity contribution < 1.29 is 27.5 Å². The lowest BCUT2D eigenvalue weighted by molar-refractivity contribution is -0.274. The van der Waals surface area contributed by atoms with Crippen molar-refractivity contribution in [3.8, 4) is 22.9 Å². The Hall–Kier alpha value is -3.53. The van der Waals surface area contributed by atoms with Crippen LogP contribution in [0.25, 0.3) is 11.4 Å². The molecule has 0 bridgehead atoms. The van der Waals surface area contributed by atoms with Crippen LogP contribution in [0.2, 0.25) is 0 Å². The van der Waals surface area contributed by atoms with E-state index in [0.29, 0.717) is 17.2 Å². The van der Waals surface area contributed by atoms with E-state index in [1.807, 2.05) is 13.1 Å². The van der Waals surface area contributed by atoms with E-state index in [1.165, 1.54) is 24.3 Å². The van der Waals surface area contributed by atoms with E-state index in [9.17, 15) is 13.2 Å². The molecule has 7 nitrogen and oxygen atoms in total. The summed E-state index contributed by atoms with van der Waals surface area (Å²) in [6.45, 7) is 1.75. The molecule has 1 aliphatic rings. The molecule has 0 aliphatic carbocycles. The van der Waals surface area contributed by atoms with Crippen molar-refractivity contribution in [1.82, 2.24) is 20.2 Å². The van der Waals surface area contributed by atoms with Crippen molar-refractivity contribution in [2.75, 3.05) is 0 Å². The number of nitrogens with zero attached hydrogens (tertiary/aromatic N) is 3. The number of benzene rings is 1. The molecule has 0 saturated heterocycles. The lowest BCUT2D eigenvalue weighted by Gasteiger charge is -2.20. The van der Waals surface area contributed by atoms with Crippen molar-refractivity contribution in [3.05, 3.63) is 72.4 Å². The van der Waals surface area contributed by atoms with E-state index >= 15 is 0 Å². The topological polar surface area (TPSA) is 70.4 Å². The van der Waals surface area contributed by atoms with Crippen LogP contribution >= 0.6 is 0 Å². The first-order valence-corrected chi connectivity index (χ1v) is 8.87. The first-order valence-electron chi connectivity index (χ1n) is 8.87. The SMILES string of the molecule is Cn1nccc1-c1ccc(OC2=CC(C)(c3ccc(OC(F)(F)F)cc3)ON2)cn1. The smallest absolute Gasteiger partial charge is 0.438 e. The number of aryl methyl sites for hydroxylation is 1. The molecule has 2 aromatic heterocycles. The van der Waals surface area contributed by atoms with Crippen molar-refractivity contribution in [3.63, 3.8) is 0 Å². The van der Waals surface area contributed by atoms with E-state index < -0.39 is 12.0 Å². The second-order valence-electron chi connectivity index (χ2n) is 6.71. The third-order valence-corrected chi connectivity index (χ3v) is 4.48. The van der Waals surface area contributed by atoms with Gasteiger partial charge in [-0.3, -0.25) is 14.5 Å². The first kappa shape index (κ1) is 19.8. The van der Waals surface area contributed by atoms with E-state index in [0.717, 1.165) is 11.4 Å². The lowest BCUT2D eigenvalue weighted by Crippen LogP contribution is -2.23. The van der Waals surface area contributed by atoms with Crippen LogP contribution in [0, 0.1) is 0 Å². The molecule has 4 rings (SSSR count). The maximum atomic E-state index is 12.3. The fraction of sp³-hybridized carbons (Fsp3) is 0.200. The number of pyridine rings is 1. The molecule has 1 atom stereocenters. The van der Waals surface area contributed by atoms with Crippen molar-refractivity contribution in [2.24, 2.45) is 7.05 Å². The van der Waals surface area contributed by atoms with Gasteiger partial charge in [0.1, 0.15) is 17.1 Å². The zero-order chi connectivity index (χ0) is 21.4. The molecule has 0 fully saturated rings. The third-order valence-electron chi connectivity index (χ3n) is 4.48. The molecule has 0 spiro atoms. The van der Waals surface area contributed by atoms with Gasteiger partial charge in [0.25, 0.3) is 0 Å². The van der Waals surface area contributed by atoms with E-state index in [-0.39, 0.29) is 5.75 Å². The Morgan fingerprint density at radius 2 is 1.80 bits per heavy atom. The average molecular weight is 418 g/mol. The summed E-state index contributed by atoms with van der Waals surface area (Å²) in [7, 11) is 1.83. The van der Waals surface area contributed by atoms with Crippen LogP contribution in [-0.4, -0.2) is 21.1 Å². The highest BCUT2D eigenvalue weighted by atomic mass is 19.4. The Labute approximate surface area is 169 Å². The van der Waals surface area contributed by atoms with Gasteiger partial charge >= 0.3 is 6.36 Å². The zero-order valence-electron chi connectivity index (χ0n) is 16.0. The number of nitrogens with one attached hydrogen (secondary N) is 1. The van der Waals surface area contributed by atoms with Crippen molar-refractivity contribution in [1.29, 1.82) is 0 Å². The van der Waals surface area contributed by atoms with Gasteiger partial charge in [-0.05, 0) is 42.8 Å². The number of halogens is 3. The van der Waals surface area contributed by atoms with Gasteiger partial charge < -0.3 is 9.47 Å². The average Bonchev–Trinajstić information content (AvgIpc) is 3.28. The normalized spacial score (nSPS) is 18.6. The second kappa shape index (κ2) is 7.38. The first-order chi connectivity index (χ1) is 14.2. The molecule has 1 N–H and O–H groups in total. The molecule has 3 heterocycles.